The van der Waals surface area contributed by atoms with Crippen LogP contribution >= 0.6 is 0 Å². The lowest BCUT2D eigenvalue weighted by Gasteiger charge is -2.23. The van der Waals surface area contributed by atoms with Gasteiger partial charge in [-0.2, -0.15) is 0 Å². The zero-order valence-corrected chi connectivity index (χ0v) is 10.9. The molecule has 2 N–H and O–H groups in total. The van der Waals surface area contributed by atoms with E-state index < -0.39 is 5.97 Å². The van der Waals surface area contributed by atoms with Gasteiger partial charge in [0.05, 0.1) is 5.56 Å². The molecule has 0 saturated heterocycles. The summed E-state index contributed by atoms with van der Waals surface area (Å²) in [7, 11) is 0. The molecule has 98 valence electrons. The Morgan fingerprint density at radius 2 is 2.06 bits per heavy atom. The summed E-state index contributed by atoms with van der Waals surface area (Å²) < 4.78 is 0. The van der Waals surface area contributed by atoms with Crippen LogP contribution in [-0.2, 0) is 0 Å². The Kier molecular flexibility index (Phi) is 4.24. The van der Waals surface area contributed by atoms with Crippen LogP contribution in [0.15, 0.2) is 18.2 Å². The maximum Gasteiger partial charge on any atom is 0.336 e. The molecular weight excluding hydrogens is 226 g/mol. The number of rotatable bonds is 4. The summed E-state index contributed by atoms with van der Waals surface area (Å²) in [5.74, 6) is -0.111. The van der Waals surface area contributed by atoms with Crippen LogP contribution in [0.25, 0.3) is 0 Å². The number of benzene rings is 1. The normalized spacial score (nSPS) is 16.5. The summed E-state index contributed by atoms with van der Waals surface area (Å²) in [6.07, 6.45) is 6.63. The molecule has 0 aromatic heterocycles. The number of anilines is 1. The molecule has 0 atom stereocenters. The van der Waals surface area contributed by atoms with Gasteiger partial charge in [-0.15, -0.1) is 0 Å². The molecule has 1 aliphatic rings. The van der Waals surface area contributed by atoms with Gasteiger partial charge in [-0.3, -0.25) is 0 Å². The van der Waals surface area contributed by atoms with E-state index in [4.69, 9.17) is 5.11 Å². The maximum atomic E-state index is 11.1. The Labute approximate surface area is 108 Å². The molecule has 0 unspecified atom stereocenters. The zero-order chi connectivity index (χ0) is 13.0. The average Bonchev–Trinajstić information content (AvgIpc) is 2.38. The molecule has 3 heteroatoms. The largest absolute Gasteiger partial charge is 0.478 e. The standard InChI is InChI=1S/C15H21NO2/c1-11-13(15(17)18)8-5-9-14(11)16-10-12-6-3-2-4-7-12/h5,8-9,12,16H,2-4,6-7,10H2,1H3,(H,17,18). The number of aromatic carboxylic acids is 1. The van der Waals surface area contributed by atoms with Gasteiger partial charge in [0.2, 0.25) is 0 Å². The second-order valence-corrected chi connectivity index (χ2v) is 5.17. The van der Waals surface area contributed by atoms with Crippen molar-refractivity contribution in [2.45, 2.75) is 39.0 Å². The Morgan fingerprint density at radius 3 is 2.72 bits per heavy atom. The van der Waals surface area contributed by atoms with E-state index in [0.29, 0.717) is 5.56 Å². The first-order chi connectivity index (χ1) is 8.68. The number of nitrogens with one attached hydrogen (secondary N) is 1. The SMILES string of the molecule is Cc1c(NCC2CCCCC2)cccc1C(=O)O. The molecule has 3 nitrogen and oxygen atoms in total. The van der Waals surface area contributed by atoms with Gasteiger partial charge in [0.1, 0.15) is 0 Å². The van der Waals surface area contributed by atoms with Gasteiger partial charge < -0.3 is 10.4 Å². The van der Waals surface area contributed by atoms with Crippen molar-refractivity contribution in [3.05, 3.63) is 29.3 Å². The van der Waals surface area contributed by atoms with Crippen LogP contribution in [0.1, 0.15) is 48.0 Å². The van der Waals surface area contributed by atoms with E-state index >= 15 is 0 Å². The highest BCUT2D eigenvalue weighted by Crippen LogP contribution is 2.25. The smallest absolute Gasteiger partial charge is 0.336 e. The molecule has 0 aliphatic heterocycles. The fourth-order valence-corrected chi connectivity index (χ4v) is 2.70. The Hall–Kier alpha value is -1.51. The average molecular weight is 247 g/mol. The zero-order valence-electron chi connectivity index (χ0n) is 10.9. The van der Waals surface area contributed by atoms with E-state index in [-0.39, 0.29) is 0 Å². The molecule has 2 rings (SSSR count). The number of hydrogen-bond donors (Lipinski definition) is 2. The van der Waals surface area contributed by atoms with Crippen LogP contribution in [-0.4, -0.2) is 17.6 Å². The van der Waals surface area contributed by atoms with E-state index in [1.807, 2.05) is 13.0 Å². The molecule has 1 fully saturated rings. The Balaban J connectivity index is 2.00. The summed E-state index contributed by atoms with van der Waals surface area (Å²) in [5, 5.41) is 12.5. The predicted octanol–water partition coefficient (Wildman–Crippen LogP) is 3.69. The van der Waals surface area contributed by atoms with Crippen LogP contribution in [0.5, 0.6) is 0 Å². The molecule has 0 radical (unpaired) electrons. The number of carboxylic acids is 1. The third-order valence-corrected chi connectivity index (χ3v) is 3.87. The minimum absolute atomic E-state index is 0.392. The van der Waals surface area contributed by atoms with Crippen molar-refractivity contribution in [3.63, 3.8) is 0 Å². The molecule has 1 aliphatic carbocycles. The molecule has 18 heavy (non-hydrogen) atoms. The predicted molar refractivity (Wildman–Crippen MR) is 73.2 cm³/mol. The van der Waals surface area contributed by atoms with Crippen LogP contribution < -0.4 is 5.32 Å². The summed E-state index contributed by atoms with van der Waals surface area (Å²) in [4.78, 5) is 11.1. The topological polar surface area (TPSA) is 49.3 Å². The third-order valence-electron chi connectivity index (χ3n) is 3.87. The summed E-state index contributed by atoms with van der Waals surface area (Å²) in [6, 6.07) is 5.42. The molecule has 1 saturated carbocycles. The second-order valence-electron chi connectivity index (χ2n) is 5.17. The van der Waals surface area contributed by atoms with Crippen molar-refractivity contribution >= 4 is 11.7 Å². The fraction of sp³-hybridized carbons (Fsp3) is 0.533. The first-order valence-corrected chi connectivity index (χ1v) is 6.75. The van der Waals surface area contributed by atoms with Crippen molar-refractivity contribution < 1.29 is 9.90 Å². The molecule has 0 spiro atoms. The van der Waals surface area contributed by atoms with E-state index in [9.17, 15) is 4.79 Å². The quantitative estimate of drug-likeness (QED) is 0.853. The van der Waals surface area contributed by atoms with Gasteiger partial charge in [0.25, 0.3) is 0 Å². The Bertz CT molecular complexity index is 423. The Morgan fingerprint density at radius 1 is 1.33 bits per heavy atom. The van der Waals surface area contributed by atoms with Crippen LogP contribution in [0.4, 0.5) is 5.69 Å². The van der Waals surface area contributed by atoms with E-state index in [1.54, 1.807) is 12.1 Å². The highest BCUT2D eigenvalue weighted by atomic mass is 16.4. The summed E-state index contributed by atoms with van der Waals surface area (Å²) in [5.41, 5.74) is 2.19. The van der Waals surface area contributed by atoms with E-state index in [0.717, 1.165) is 23.7 Å². The van der Waals surface area contributed by atoms with Crippen LogP contribution in [0.3, 0.4) is 0 Å². The van der Waals surface area contributed by atoms with Crippen molar-refractivity contribution in [2.75, 3.05) is 11.9 Å². The van der Waals surface area contributed by atoms with Crippen molar-refractivity contribution in [3.8, 4) is 0 Å². The molecule has 1 aromatic carbocycles. The molecule has 1 aromatic rings. The van der Waals surface area contributed by atoms with Crippen molar-refractivity contribution in [1.29, 1.82) is 0 Å². The van der Waals surface area contributed by atoms with Crippen molar-refractivity contribution in [1.82, 2.24) is 0 Å². The van der Waals surface area contributed by atoms with E-state index in [1.165, 1.54) is 32.1 Å². The third kappa shape index (κ3) is 3.03. The highest BCUT2D eigenvalue weighted by molar-refractivity contribution is 5.91. The molecule has 0 amide bonds. The van der Waals surface area contributed by atoms with Crippen molar-refractivity contribution in [2.24, 2.45) is 5.92 Å². The van der Waals surface area contributed by atoms with Crippen LogP contribution in [0, 0.1) is 12.8 Å². The summed E-state index contributed by atoms with van der Waals surface area (Å²) >= 11 is 0. The minimum atomic E-state index is -0.853. The van der Waals surface area contributed by atoms with Crippen LogP contribution in [0.2, 0.25) is 0 Å². The fourth-order valence-electron chi connectivity index (χ4n) is 2.70. The number of carbonyl (C=O) groups is 1. The number of hydrogen-bond acceptors (Lipinski definition) is 2. The highest BCUT2D eigenvalue weighted by Gasteiger charge is 2.14. The van der Waals surface area contributed by atoms with Gasteiger partial charge >= 0.3 is 5.97 Å². The van der Waals surface area contributed by atoms with Gasteiger partial charge in [0.15, 0.2) is 0 Å². The maximum absolute atomic E-state index is 11.1. The van der Waals surface area contributed by atoms with E-state index in [2.05, 4.69) is 5.32 Å². The summed E-state index contributed by atoms with van der Waals surface area (Å²) in [6.45, 7) is 2.83. The lowest BCUT2D eigenvalue weighted by molar-refractivity contribution is 0.0696. The lowest BCUT2D eigenvalue weighted by Crippen LogP contribution is -2.18. The van der Waals surface area contributed by atoms with Gasteiger partial charge in [0, 0.05) is 12.2 Å². The number of carboxylic acid groups (broad SMARTS) is 1. The first kappa shape index (κ1) is 12.9. The van der Waals surface area contributed by atoms with Gasteiger partial charge in [-0.1, -0.05) is 25.3 Å². The molecule has 0 heterocycles. The van der Waals surface area contributed by atoms with Gasteiger partial charge in [-0.25, -0.2) is 4.79 Å². The minimum Gasteiger partial charge on any atom is -0.478 e. The lowest BCUT2D eigenvalue weighted by atomic mass is 9.89. The second kappa shape index (κ2) is 5.89. The monoisotopic (exact) mass is 247 g/mol. The first-order valence-electron chi connectivity index (χ1n) is 6.75. The molecule has 0 bridgehead atoms. The molecular formula is C15H21NO2. The van der Waals surface area contributed by atoms with Gasteiger partial charge in [-0.05, 0) is 43.4 Å².